The number of anilines is 6. The average Bonchev–Trinajstić information content (AvgIpc) is 3.80. The van der Waals surface area contributed by atoms with Crippen molar-refractivity contribution in [3.8, 4) is 22.4 Å². The fraction of sp³-hybridized carbons (Fsp3) is 0. The van der Waals surface area contributed by atoms with E-state index in [0.717, 1.165) is 39.7 Å². The number of hydrogen-bond donors (Lipinski definition) is 0. The van der Waals surface area contributed by atoms with Crippen LogP contribution >= 0.6 is 22.7 Å². The molecule has 3 aromatic heterocycles. The minimum Gasteiger partial charge on any atom is -0.310 e. The monoisotopic (exact) mass is 677 g/mol. The Balaban J connectivity index is 1.06. The van der Waals surface area contributed by atoms with Gasteiger partial charge in [0.15, 0.2) is 0 Å². The van der Waals surface area contributed by atoms with Crippen LogP contribution in [0, 0.1) is 0 Å². The maximum absolute atomic E-state index is 4.56. The fourth-order valence-corrected chi connectivity index (χ4v) is 8.74. The van der Waals surface area contributed by atoms with Gasteiger partial charge in [0, 0.05) is 49.3 Å². The number of aromatic nitrogens is 1. The first-order valence-corrected chi connectivity index (χ1v) is 18.3. The zero-order valence-corrected chi connectivity index (χ0v) is 28.7. The van der Waals surface area contributed by atoms with Crippen molar-refractivity contribution in [1.82, 2.24) is 4.98 Å². The van der Waals surface area contributed by atoms with Crippen molar-refractivity contribution in [3.05, 3.63) is 188 Å². The molecule has 0 atom stereocenters. The minimum atomic E-state index is 0.966. The summed E-state index contributed by atoms with van der Waals surface area (Å²) in [5.74, 6) is 0. The molecule has 3 heterocycles. The van der Waals surface area contributed by atoms with Crippen LogP contribution in [0.1, 0.15) is 0 Å². The van der Waals surface area contributed by atoms with Gasteiger partial charge in [-0.2, -0.15) is 0 Å². The Morgan fingerprint density at radius 1 is 0.440 bits per heavy atom. The van der Waals surface area contributed by atoms with Crippen molar-refractivity contribution >= 4 is 76.3 Å². The van der Waals surface area contributed by atoms with E-state index in [4.69, 9.17) is 0 Å². The van der Waals surface area contributed by atoms with Crippen LogP contribution in [0.25, 0.3) is 42.6 Å². The van der Waals surface area contributed by atoms with E-state index < -0.39 is 0 Å². The molecule has 0 N–H and O–H groups in total. The molecule has 0 bridgehead atoms. The first kappa shape index (κ1) is 30.1. The summed E-state index contributed by atoms with van der Waals surface area (Å²) in [6.45, 7) is 0. The van der Waals surface area contributed by atoms with E-state index in [1.54, 1.807) is 11.3 Å². The highest BCUT2D eigenvalue weighted by Crippen LogP contribution is 2.44. The van der Waals surface area contributed by atoms with Crippen LogP contribution < -0.4 is 9.80 Å². The van der Waals surface area contributed by atoms with Gasteiger partial charge in [0.25, 0.3) is 0 Å². The average molecular weight is 678 g/mol. The Kier molecular flexibility index (Phi) is 7.90. The lowest BCUT2D eigenvalue weighted by Gasteiger charge is -2.27. The number of fused-ring (bicyclic) bond motifs is 2. The van der Waals surface area contributed by atoms with Crippen molar-refractivity contribution in [2.75, 3.05) is 9.80 Å². The quantitative estimate of drug-likeness (QED) is 0.160. The van der Waals surface area contributed by atoms with Crippen molar-refractivity contribution in [1.29, 1.82) is 0 Å². The molecular weight excluding hydrogens is 647 g/mol. The summed E-state index contributed by atoms with van der Waals surface area (Å²) in [5, 5.41) is 5.80. The summed E-state index contributed by atoms with van der Waals surface area (Å²) in [5.41, 5.74) is 10.0. The first-order chi connectivity index (χ1) is 24.8. The number of thiophene rings is 2. The molecule has 0 aliphatic heterocycles. The Labute approximate surface area is 299 Å². The summed E-state index contributed by atoms with van der Waals surface area (Å²) >= 11 is 3.63. The highest BCUT2D eigenvalue weighted by molar-refractivity contribution is 7.29. The third-order valence-corrected chi connectivity index (χ3v) is 11.1. The van der Waals surface area contributed by atoms with Gasteiger partial charge in [-0.05, 0) is 101 Å². The van der Waals surface area contributed by atoms with E-state index in [1.807, 2.05) is 35.7 Å². The highest BCUT2D eigenvalue weighted by Gasteiger charge is 2.18. The van der Waals surface area contributed by atoms with Gasteiger partial charge in [-0.15, -0.1) is 22.7 Å². The largest absolute Gasteiger partial charge is 0.310 e. The van der Waals surface area contributed by atoms with Crippen LogP contribution in [0.3, 0.4) is 0 Å². The van der Waals surface area contributed by atoms with Crippen molar-refractivity contribution < 1.29 is 0 Å². The number of rotatable bonds is 8. The summed E-state index contributed by atoms with van der Waals surface area (Å²) in [6.07, 6.45) is 1.84. The summed E-state index contributed by atoms with van der Waals surface area (Å²) in [6, 6.07) is 62.8. The van der Waals surface area contributed by atoms with Gasteiger partial charge >= 0.3 is 0 Å². The molecule has 6 aromatic carbocycles. The van der Waals surface area contributed by atoms with Gasteiger partial charge in [0.05, 0.1) is 11.4 Å². The SMILES string of the molecule is c1ccc(N(c2ccc(-c3ccc(N(c4ccc(-c5ccccn5)cc4)c4cccc5ccccc45)cc3)cc2)c2cc3sccc3s2)cc1. The van der Waals surface area contributed by atoms with Gasteiger partial charge in [-0.1, -0.05) is 97.1 Å². The molecule has 0 fully saturated rings. The lowest BCUT2D eigenvalue weighted by atomic mass is 10.0. The second-order valence-corrected chi connectivity index (χ2v) is 14.1. The van der Waals surface area contributed by atoms with E-state index in [9.17, 15) is 0 Å². The van der Waals surface area contributed by atoms with E-state index in [2.05, 4.69) is 178 Å². The number of hydrogen-bond acceptors (Lipinski definition) is 5. The molecule has 0 saturated heterocycles. The number of para-hydroxylation sites is 1. The van der Waals surface area contributed by atoms with E-state index in [-0.39, 0.29) is 0 Å². The smallest absolute Gasteiger partial charge is 0.102 e. The van der Waals surface area contributed by atoms with Gasteiger partial charge in [-0.25, -0.2) is 0 Å². The molecule has 9 rings (SSSR count). The molecule has 0 saturated carbocycles. The summed E-state index contributed by atoms with van der Waals surface area (Å²) in [4.78, 5) is 9.26. The van der Waals surface area contributed by atoms with Gasteiger partial charge in [0.2, 0.25) is 0 Å². The zero-order chi connectivity index (χ0) is 33.3. The lowest BCUT2D eigenvalue weighted by molar-refractivity contribution is 1.29. The molecule has 0 aliphatic rings. The first-order valence-electron chi connectivity index (χ1n) is 16.6. The Morgan fingerprint density at radius 3 is 1.72 bits per heavy atom. The molecule has 238 valence electrons. The standard InChI is InChI=1S/C45H31N3S2/c1-2-11-36(12-3-1)48(45-31-44-43(50-45)28-30-49-44)39-24-18-33(19-25-39)32-16-22-37(23-17-32)47(42-15-8-10-34-9-4-5-13-40(34)42)38-26-20-35(21-27-38)41-14-6-7-29-46-41/h1-31H. The second-order valence-electron chi connectivity index (χ2n) is 12.1. The Hall–Kier alpha value is -6.01. The minimum absolute atomic E-state index is 0.966. The van der Waals surface area contributed by atoms with Gasteiger partial charge < -0.3 is 9.80 Å². The van der Waals surface area contributed by atoms with Crippen molar-refractivity contribution in [2.45, 2.75) is 0 Å². The van der Waals surface area contributed by atoms with Gasteiger partial charge in [-0.3, -0.25) is 4.98 Å². The highest BCUT2D eigenvalue weighted by atomic mass is 32.1. The van der Waals surface area contributed by atoms with Crippen molar-refractivity contribution in [2.24, 2.45) is 0 Å². The Bertz CT molecular complexity index is 2490. The Morgan fingerprint density at radius 2 is 1.04 bits per heavy atom. The predicted octanol–water partition coefficient (Wildman–Crippen LogP) is 13.8. The fourth-order valence-electron chi connectivity index (χ4n) is 6.60. The maximum atomic E-state index is 4.56. The molecule has 3 nitrogen and oxygen atoms in total. The molecule has 0 spiro atoms. The summed E-state index contributed by atoms with van der Waals surface area (Å²) < 4.78 is 2.65. The molecule has 50 heavy (non-hydrogen) atoms. The number of pyridine rings is 1. The van der Waals surface area contributed by atoms with Crippen LogP contribution in [0.2, 0.25) is 0 Å². The van der Waals surface area contributed by atoms with E-state index in [0.29, 0.717) is 0 Å². The van der Waals surface area contributed by atoms with Crippen LogP contribution in [0.4, 0.5) is 33.4 Å². The topological polar surface area (TPSA) is 19.4 Å². The molecule has 0 aliphatic carbocycles. The predicted molar refractivity (Wildman–Crippen MR) is 215 cm³/mol. The van der Waals surface area contributed by atoms with Crippen LogP contribution in [0.5, 0.6) is 0 Å². The van der Waals surface area contributed by atoms with Crippen molar-refractivity contribution in [3.63, 3.8) is 0 Å². The number of benzene rings is 6. The summed E-state index contributed by atoms with van der Waals surface area (Å²) in [7, 11) is 0. The van der Waals surface area contributed by atoms with Crippen LogP contribution in [0.15, 0.2) is 188 Å². The van der Waals surface area contributed by atoms with Crippen LogP contribution in [-0.2, 0) is 0 Å². The lowest BCUT2D eigenvalue weighted by Crippen LogP contribution is -2.10. The van der Waals surface area contributed by atoms with Gasteiger partial charge in [0.1, 0.15) is 5.00 Å². The van der Waals surface area contributed by atoms with E-state index >= 15 is 0 Å². The normalized spacial score (nSPS) is 11.2. The molecule has 9 aromatic rings. The van der Waals surface area contributed by atoms with E-state index in [1.165, 1.54) is 36.3 Å². The molecular formula is C45H31N3S2. The molecule has 0 radical (unpaired) electrons. The molecule has 0 amide bonds. The van der Waals surface area contributed by atoms with Crippen LogP contribution in [-0.4, -0.2) is 4.98 Å². The molecule has 5 heteroatoms. The third kappa shape index (κ3) is 5.73. The maximum Gasteiger partial charge on any atom is 0.102 e. The molecule has 0 unspecified atom stereocenters. The number of nitrogens with zero attached hydrogens (tertiary/aromatic N) is 3. The zero-order valence-electron chi connectivity index (χ0n) is 27.1. The second kappa shape index (κ2) is 13.1. The third-order valence-electron chi connectivity index (χ3n) is 9.04.